The molecule has 0 aromatic carbocycles. The highest BCUT2D eigenvalue weighted by Crippen LogP contribution is 2.25. The molecule has 3 nitrogen and oxygen atoms in total. The first-order valence-electron chi connectivity index (χ1n) is 7.98. The van der Waals surface area contributed by atoms with Crippen LogP contribution in [0.2, 0.25) is 0 Å². The molecule has 1 aromatic rings. The molecule has 20 heavy (non-hydrogen) atoms. The average Bonchev–Trinajstić information content (AvgIpc) is 2.93. The van der Waals surface area contributed by atoms with Crippen LogP contribution < -0.4 is 5.32 Å². The largest absolute Gasteiger partial charge is 0.378 e. The lowest BCUT2D eigenvalue weighted by Crippen LogP contribution is -2.25. The molecule has 2 unspecified atom stereocenters. The summed E-state index contributed by atoms with van der Waals surface area (Å²) in [4.78, 5) is 4.67. The lowest BCUT2D eigenvalue weighted by atomic mass is 9.99. The van der Waals surface area contributed by atoms with Crippen LogP contribution in [0, 0.1) is 13.8 Å². The van der Waals surface area contributed by atoms with Gasteiger partial charge in [-0.2, -0.15) is 0 Å². The van der Waals surface area contributed by atoms with Crippen molar-refractivity contribution in [2.75, 3.05) is 13.2 Å². The number of aromatic nitrogens is 1. The second-order valence-electron chi connectivity index (χ2n) is 5.93. The second kappa shape index (κ2) is 7.75. The minimum atomic E-state index is 0.361. The summed E-state index contributed by atoms with van der Waals surface area (Å²) in [7, 11) is 0. The van der Waals surface area contributed by atoms with Gasteiger partial charge in [-0.1, -0.05) is 13.0 Å². The number of nitrogens with one attached hydrogen (secondary N) is 1. The van der Waals surface area contributed by atoms with Crippen LogP contribution >= 0.6 is 0 Å². The van der Waals surface area contributed by atoms with E-state index in [1.165, 1.54) is 29.7 Å². The predicted octanol–water partition coefficient (Wildman–Crippen LogP) is 3.70. The molecule has 0 amide bonds. The molecule has 0 saturated carbocycles. The Kier molecular flexibility index (Phi) is 5.99. The zero-order valence-corrected chi connectivity index (χ0v) is 13.1. The third-order valence-electron chi connectivity index (χ3n) is 4.03. The Morgan fingerprint density at radius 3 is 2.95 bits per heavy atom. The van der Waals surface area contributed by atoms with Crippen molar-refractivity contribution in [1.29, 1.82) is 0 Å². The number of rotatable bonds is 7. The predicted molar refractivity (Wildman–Crippen MR) is 83.0 cm³/mol. The Bertz CT molecular complexity index is 413. The van der Waals surface area contributed by atoms with Gasteiger partial charge in [-0.25, -0.2) is 0 Å². The Morgan fingerprint density at radius 1 is 1.45 bits per heavy atom. The van der Waals surface area contributed by atoms with Gasteiger partial charge in [0, 0.05) is 18.8 Å². The molecular formula is C17H28N2O. The SMILES string of the molecule is CCCNC(CCC1CCCO1)c1ncc(C)cc1C. The molecule has 1 aromatic heterocycles. The van der Waals surface area contributed by atoms with E-state index in [4.69, 9.17) is 4.74 Å². The summed E-state index contributed by atoms with van der Waals surface area (Å²) in [6.07, 6.45) is 8.29. The average molecular weight is 276 g/mol. The Hall–Kier alpha value is -0.930. The van der Waals surface area contributed by atoms with Crippen LogP contribution in [0.3, 0.4) is 0 Å². The van der Waals surface area contributed by atoms with E-state index in [-0.39, 0.29) is 0 Å². The van der Waals surface area contributed by atoms with Crippen molar-refractivity contribution in [3.05, 3.63) is 29.1 Å². The lowest BCUT2D eigenvalue weighted by Gasteiger charge is -2.21. The summed E-state index contributed by atoms with van der Waals surface area (Å²) in [5, 5.41) is 3.65. The van der Waals surface area contributed by atoms with Crippen molar-refractivity contribution in [3.63, 3.8) is 0 Å². The van der Waals surface area contributed by atoms with Crippen molar-refractivity contribution in [3.8, 4) is 0 Å². The number of hydrogen-bond acceptors (Lipinski definition) is 3. The summed E-state index contributed by atoms with van der Waals surface area (Å²) >= 11 is 0. The molecule has 0 bridgehead atoms. The summed E-state index contributed by atoms with van der Waals surface area (Å²) in [6.45, 7) is 8.47. The summed E-state index contributed by atoms with van der Waals surface area (Å²) < 4.78 is 5.74. The van der Waals surface area contributed by atoms with Crippen molar-refractivity contribution in [2.45, 2.75) is 65.0 Å². The van der Waals surface area contributed by atoms with Gasteiger partial charge in [-0.05, 0) is 63.6 Å². The van der Waals surface area contributed by atoms with Crippen molar-refractivity contribution >= 4 is 0 Å². The van der Waals surface area contributed by atoms with Gasteiger partial charge in [0.05, 0.1) is 11.8 Å². The smallest absolute Gasteiger partial charge is 0.0602 e. The van der Waals surface area contributed by atoms with E-state index in [9.17, 15) is 0 Å². The maximum atomic E-state index is 5.74. The summed E-state index contributed by atoms with van der Waals surface area (Å²) in [6, 6.07) is 2.59. The zero-order valence-electron chi connectivity index (χ0n) is 13.1. The van der Waals surface area contributed by atoms with Gasteiger partial charge in [0.15, 0.2) is 0 Å². The van der Waals surface area contributed by atoms with Crippen molar-refractivity contribution in [2.24, 2.45) is 0 Å². The summed E-state index contributed by atoms with van der Waals surface area (Å²) in [5.41, 5.74) is 3.74. The van der Waals surface area contributed by atoms with Gasteiger partial charge in [0.2, 0.25) is 0 Å². The van der Waals surface area contributed by atoms with Gasteiger partial charge in [-0.3, -0.25) is 4.98 Å². The van der Waals surface area contributed by atoms with E-state index in [2.05, 4.69) is 37.1 Å². The van der Waals surface area contributed by atoms with Crippen LogP contribution in [0.5, 0.6) is 0 Å². The van der Waals surface area contributed by atoms with E-state index in [0.717, 1.165) is 32.4 Å². The fraction of sp³-hybridized carbons (Fsp3) is 0.706. The Morgan fingerprint density at radius 2 is 2.30 bits per heavy atom. The number of ether oxygens (including phenoxy) is 1. The second-order valence-corrected chi connectivity index (χ2v) is 5.93. The third-order valence-corrected chi connectivity index (χ3v) is 4.03. The minimum absolute atomic E-state index is 0.361. The molecule has 0 radical (unpaired) electrons. The van der Waals surface area contributed by atoms with Gasteiger partial charge >= 0.3 is 0 Å². The molecule has 1 saturated heterocycles. The maximum absolute atomic E-state index is 5.74. The molecule has 2 heterocycles. The first kappa shape index (κ1) is 15.5. The number of aryl methyl sites for hydroxylation is 2. The topological polar surface area (TPSA) is 34.1 Å². The highest BCUT2D eigenvalue weighted by Gasteiger charge is 2.20. The lowest BCUT2D eigenvalue weighted by molar-refractivity contribution is 0.0994. The van der Waals surface area contributed by atoms with Crippen LogP contribution in [-0.4, -0.2) is 24.2 Å². The Labute approximate surface area is 123 Å². The fourth-order valence-corrected chi connectivity index (χ4v) is 2.97. The van der Waals surface area contributed by atoms with E-state index in [0.29, 0.717) is 12.1 Å². The molecule has 1 N–H and O–H groups in total. The standard InChI is InChI=1S/C17H28N2O/c1-4-9-18-16(8-7-15-6-5-10-20-15)17-14(3)11-13(2)12-19-17/h11-12,15-16,18H,4-10H2,1-3H3. The molecule has 2 rings (SSSR count). The molecule has 0 aliphatic carbocycles. The van der Waals surface area contributed by atoms with E-state index in [1.54, 1.807) is 0 Å². The highest BCUT2D eigenvalue weighted by atomic mass is 16.5. The van der Waals surface area contributed by atoms with Crippen LogP contribution in [0.15, 0.2) is 12.3 Å². The quantitative estimate of drug-likeness (QED) is 0.824. The van der Waals surface area contributed by atoms with Crippen LogP contribution in [-0.2, 0) is 4.74 Å². The number of pyridine rings is 1. The monoisotopic (exact) mass is 276 g/mol. The first-order valence-corrected chi connectivity index (χ1v) is 7.98. The van der Waals surface area contributed by atoms with Crippen LogP contribution in [0.1, 0.15) is 61.9 Å². The molecule has 1 aliphatic rings. The van der Waals surface area contributed by atoms with Crippen molar-refractivity contribution < 1.29 is 4.74 Å². The Balaban J connectivity index is 2.01. The van der Waals surface area contributed by atoms with E-state index in [1.807, 2.05) is 6.20 Å². The molecule has 1 fully saturated rings. The third kappa shape index (κ3) is 4.29. The van der Waals surface area contributed by atoms with Crippen LogP contribution in [0.25, 0.3) is 0 Å². The van der Waals surface area contributed by atoms with E-state index >= 15 is 0 Å². The van der Waals surface area contributed by atoms with E-state index < -0.39 is 0 Å². The minimum Gasteiger partial charge on any atom is -0.378 e. The zero-order chi connectivity index (χ0) is 14.4. The highest BCUT2D eigenvalue weighted by molar-refractivity contribution is 5.25. The molecule has 1 aliphatic heterocycles. The molecule has 0 spiro atoms. The fourth-order valence-electron chi connectivity index (χ4n) is 2.97. The summed E-state index contributed by atoms with van der Waals surface area (Å²) in [5.74, 6) is 0. The molecular weight excluding hydrogens is 248 g/mol. The molecule has 3 heteroatoms. The van der Waals surface area contributed by atoms with Gasteiger partial charge in [-0.15, -0.1) is 0 Å². The van der Waals surface area contributed by atoms with Gasteiger partial charge < -0.3 is 10.1 Å². The molecule has 2 atom stereocenters. The van der Waals surface area contributed by atoms with Gasteiger partial charge in [0.25, 0.3) is 0 Å². The number of nitrogens with zero attached hydrogens (tertiary/aromatic N) is 1. The first-order chi connectivity index (χ1) is 9.70. The molecule has 112 valence electrons. The normalized spacial score (nSPS) is 20.2. The number of hydrogen-bond donors (Lipinski definition) is 1. The van der Waals surface area contributed by atoms with Crippen LogP contribution in [0.4, 0.5) is 0 Å². The van der Waals surface area contributed by atoms with Crippen molar-refractivity contribution in [1.82, 2.24) is 10.3 Å². The van der Waals surface area contributed by atoms with Gasteiger partial charge in [0.1, 0.15) is 0 Å². The maximum Gasteiger partial charge on any atom is 0.0602 e.